The van der Waals surface area contributed by atoms with Gasteiger partial charge in [-0.05, 0) is 18.2 Å². The van der Waals surface area contributed by atoms with Crippen molar-refractivity contribution in [3.05, 3.63) is 42.0 Å². The fourth-order valence-corrected chi connectivity index (χ4v) is 1.97. The number of benzene rings is 1. The van der Waals surface area contributed by atoms with Crippen LogP contribution in [0.1, 0.15) is 5.56 Å². The molecule has 1 aromatic carbocycles. The van der Waals surface area contributed by atoms with Gasteiger partial charge in [-0.25, -0.2) is 0 Å². The molecule has 0 bridgehead atoms. The third-order valence-electron chi connectivity index (χ3n) is 1.76. The van der Waals surface area contributed by atoms with Crippen LogP contribution in [-0.4, -0.2) is 11.6 Å². The topological polar surface area (TPSA) is 0 Å². The van der Waals surface area contributed by atoms with Crippen molar-refractivity contribution in [2.75, 3.05) is 11.6 Å². The molecule has 0 unspecified atom stereocenters. The lowest BCUT2D eigenvalue weighted by atomic mass is 10.2. The van der Waals surface area contributed by atoms with E-state index >= 15 is 0 Å². The van der Waals surface area contributed by atoms with Crippen LogP contribution in [0.5, 0.6) is 0 Å². The van der Waals surface area contributed by atoms with Crippen LogP contribution < -0.4 is 0 Å². The van der Waals surface area contributed by atoms with Gasteiger partial charge in [0.1, 0.15) is 0 Å². The first-order chi connectivity index (χ1) is 7.54. The predicted octanol–water partition coefficient (Wildman–Crippen LogP) is 4.59. The lowest BCUT2D eigenvalue weighted by Crippen LogP contribution is -2.04. The van der Waals surface area contributed by atoms with E-state index < -0.39 is 11.7 Å². The molecule has 5 heteroatoms. The number of thioether (sulfide) groups is 1. The van der Waals surface area contributed by atoms with Gasteiger partial charge in [0.15, 0.2) is 0 Å². The summed E-state index contributed by atoms with van der Waals surface area (Å²) in [4.78, 5) is 0.606. The summed E-state index contributed by atoms with van der Waals surface area (Å²) in [7, 11) is 0. The molecule has 0 heterocycles. The molecule has 0 aromatic heterocycles. The van der Waals surface area contributed by atoms with Crippen LogP contribution in [-0.2, 0) is 6.18 Å². The maximum atomic E-state index is 12.4. The Hall–Kier alpha value is -0.610. The van der Waals surface area contributed by atoms with Crippen LogP contribution in [0, 0.1) is 0 Å². The Balaban J connectivity index is 2.65. The molecule has 0 aliphatic carbocycles. The van der Waals surface area contributed by atoms with E-state index in [9.17, 15) is 13.2 Å². The lowest BCUT2D eigenvalue weighted by molar-refractivity contribution is -0.137. The molecule has 0 amide bonds. The van der Waals surface area contributed by atoms with E-state index in [-0.39, 0.29) is 0 Å². The molecule has 0 radical (unpaired) electrons. The molecule has 0 atom stereocenters. The van der Waals surface area contributed by atoms with Gasteiger partial charge in [0.2, 0.25) is 0 Å². The Bertz CT molecular complexity index is 360. The highest BCUT2D eigenvalue weighted by atomic mass is 35.5. The van der Waals surface area contributed by atoms with E-state index in [1.54, 1.807) is 12.1 Å². The molecule has 0 aliphatic heterocycles. The summed E-state index contributed by atoms with van der Waals surface area (Å²) >= 11 is 6.77. The Morgan fingerprint density at radius 1 is 1.25 bits per heavy atom. The second kappa shape index (κ2) is 6.21. The SMILES string of the molecule is FC(F)(F)c1cccc(SCC=CCCl)c1. The van der Waals surface area contributed by atoms with Crippen LogP contribution in [0.2, 0.25) is 0 Å². The van der Waals surface area contributed by atoms with Crippen molar-refractivity contribution in [2.45, 2.75) is 11.1 Å². The molecule has 0 saturated carbocycles. The number of alkyl halides is 4. The summed E-state index contributed by atoms with van der Waals surface area (Å²) in [5, 5.41) is 0. The van der Waals surface area contributed by atoms with Gasteiger partial charge >= 0.3 is 6.18 Å². The second-order valence-electron chi connectivity index (χ2n) is 2.96. The van der Waals surface area contributed by atoms with Gasteiger partial charge in [0.25, 0.3) is 0 Å². The maximum absolute atomic E-state index is 12.4. The molecule has 0 nitrogen and oxygen atoms in total. The molecule has 0 saturated heterocycles. The predicted molar refractivity (Wildman–Crippen MR) is 62.0 cm³/mol. The van der Waals surface area contributed by atoms with Crippen LogP contribution in [0.15, 0.2) is 41.3 Å². The van der Waals surface area contributed by atoms with Gasteiger partial charge < -0.3 is 0 Å². The van der Waals surface area contributed by atoms with Crippen LogP contribution in [0.3, 0.4) is 0 Å². The molecule has 0 aliphatic rings. The normalized spacial score (nSPS) is 12.2. The smallest absolute Gasteiger partial charge is 0.166 e. The average Bonchev–Trinajstić information content (AvgIpc) is 2.24. The third kappa shape index (κ3) is 4.49. The molecule has 16 heavy (non-hydrogen) atoms. The standard InChI is InChI=1S/C11H10ClF3S/c12-6-1-2-7-16-10-5-3-4-9(8-10)11(13,14)15/h1-5,8H,6-7H2. The highest BCUT2D eigenvalue weighted by Crippen LogP contribution is 2.31. The first-order valence-electron chi connectivity index (χ1n) is 4.55. The van der Waals surface area contributed by atoms with E-state index in [2.05, 4.69) is 0 Å². The first-order valence-corrected chi connectivity index (χ1v) is 6.07. The summed E-state index contributed by atoms with van der Waals surface area (Å²) in [6.07, 6.45) is -0.678. The van der Waals surface area contributed by atoms with E-state index in [4.69, 9.17) is 11.6 Å². The Morgan fingerprint density at radius 3 is 2.62 bits per heavy atom. The lowest BCUT2D eigenvalue weighted by Gasteiger charge is -2.07. The van der Waals surface area contributed by atoms with Crippen LogP contribution >= 0.6 is 23.4 Å². The van der Waals surface area contributed by atoms with E-state index in [1.165, 1.54) is 17.8 Å². The van der Waals surface area contributed by atoms with E-state index in [0.717, 1.165) is 12.1 Å². The number of rotatable bonds is 4. The minimum absolute atomic E-state index is 0.420. The van der Waals surface area contributed by atoms with Gasteiger partial charge in [-0.1, -0.05) is 18.2 Å². The van der Waals surface area contributed by atoms with Gasteiger partial charge in [-0.15, -0.1) is 23.4 Å². The molecular formula is C11H10ClF3S. The quantitative estimate of drug-likeness (QED) is 0.436. The zero-order valence-electron chi connectivity index (χ0n) is 8.30. The van der Waals surface area contributed by atoms with Crippen LogP contribution in [0.4, 0.5) is 13.2 Å². The zero-order chi connectivity index (χ0) is 12.0. The number of hydrogen-bond acceptors (Lipinski definition) is 1. The van der Waals surface area contributed by atoms with Crippen molar-refractivity contribution in [2.24, 2.45) is 0 Å². The van der Waals surface area contributed by atoms with Crippen molar-refractivity contribution >= 4 is 23.4 Å². The number of halogens is 4. The third-order valence-corrected chi connectivity index (χ3v) is 2.89. The zero-order valence-corrected chi connectivity index (χ0v) is 9.87. The summed E-state index contributed by atoms with van der Waals surface area (Å²) < 4.78 is 37.1. The van der Waals surface area contributed by atoms with Gasteiger partial charge in [0.05, 0.1) is 5.56 Å². The minimum atomic E-state index is -4.28. The van der Waals surface area contributed by atoms with E-state index in [0.29, 0.717) is 16.5 Å². The number of hydrogen-bond donors (Lipinski definition) is 0. The molecule has 1 rings (SSSR count). The van der Waals surface area contributed by atoms with Crippen molar-refractivity contribution in [1.82, 2.24) is 0 Å². The molecule has 0 N–H and O–H groups in total. The maximum Gasteiger partial charge on any atom is 0.416 e. The summed E-state index contributed by atoms with van der Waals surface area (Å²) in [5.74, 6) is 1.04. The van der Waals surface area contributed by atoms with Crippen molar-refractivity contribution in [3.63, 3.8) is 0 Å². The average molecular weight is 267 g/mol. The van der Waals surface area contributed by atoms with Crippen molar-refractivity contribution in [3.8, 4) is 0 Å². The highest BCUT2D eigenvalue weighted by molar-refractivity contribution is 7.99. The van der Waals surface area contributed by atoms with Crippen LogP contribution in [0.25, 0.3) is 0 Å². The summed E-state index contributed by atoms with van der Waals surface area (Å²) in [6.45, 7) is 0. The Labute approximate surface area is 101 Å². The second-order valence-corrected chi connectivity index (χ2v) is 4.36. The fourth-order valence-electron chi connectivity index (χ4n) is 1.04. The highest BCUT2D eigenvalue weighted by Gasteiger charge is 2.30. The summed E-state index contributed by atoms with van der Waals surface area (Å²) in [6, 6.07) is 5.29. The van der Waals surface area contributed by atoms with Crippen molar-refractivity contribution < 1.29 is 13.2 Å². The molecular weight excluding hydrogens is 257 g/mol. The molecule has 88 valence electrons. The Morgan fingerprint density at radius 2 is 2.00 bits per heavy atom. The van der Waals surface area contributed by atoms with E-state index in [1.807, 2.05) is 6.08 Å². The summed E-state index contributed by atoms with van der Waals surface area (Å²) in [5.41, 5.74) is -0.612. The first kappa shape index (κ1) is 13.5. The largest absolute Gasteiger partial charge is 0.416 e. The Kier molecular flexibility index (Phi) is 5.22. The number of allylic oxidation sites excluding steroid dienone is 1. The fraction of sp³-hybridized carbons (Fsp3) is 0.273. The molecule has 0 fully saturated rings. The van der Waals surface area contributed by atoms with Gasteiger partial charge in [-0.3, -0.25) is 0 Å². The van der Waals surface area contributed by atoms with Crippen molar-refractivity contribution in [1.29, 1.82) is 0 Å². The molecule has 1 aromatic rings. The van der Waals surface area contributed by atoms with Gasteiger partial charge in [0, 0.05) is 16.5 Å². The minimum Gasteiger partial charge on any atom is -0.166 e. The monoisotopic (exact) mass is 266 g/mol. The molecule has 0 spiro atoms. The van der Waals surface area contributed by atoms with Gasteiger partial charge in [-0.2, -0.15) is 13.2 Å².